The van der Waals surface area contributed by atoms with Crippen molar-refractivity contribution in [1.29, 1.82) is 0 Å². The van der Waals surface area contributed by atoms with Crippen molar-refractivity contribution in [3.63, 3.8) is 0 Å². The zero-order valence-corrected chi connectivity index (χ0v) is 9.89. The fraction of sp³-hybridized carbons (Fsp3) is 0.556. The Morgan fingerprint density at radius 1 is 1.20 bits per heavy atom. The van der Waals surface area contributed by atoms with E-state index in [1.54, 1.807) is 24.7 Å². The van der Waals surface area contributed by atoms with Crippen LogP contribution in [-0.2, 0) is 19.1 Å². The second-order valence-corrected chi connectivity index (χ2v) is 5.92. The maximum atomic E-state index is 11.6. The molecule has 2 heterocycles. The summed E-state index contributed by atoms with van der Waals surface area (Å²) in [4.78, 5) is 23.3. The van der Waals surface area contributed by atoms with Crippen LogP contribution in [0.1, 0.15) is 13.8 Å². The van der Waals surface area contributed by atoms with Crippen LogP contribution in [0.3, 0.4) is 0 Å². The van der Waals surface area contributed by atoms with Gasteiger partial charge in [0.15, 0.2) is 5.92 Å². The van der Waals surface area contributed by atoms with Gasteiger partial charge in [0, 0.05) is 0 Å². The van der Waals surface area contributed by atoms with Gasteiger partial charge in [-0.1, -0.05) is 13.8 Å². The Labute approximate surface area is 95.8 Å². The van der Waals surface area contributed by atoms with Gasteiger partial charge in [-0.3, -0.25) is 9.59 Å². The van der Waals surface area contributed by atoms with Crippen molar-refractivity contribution in [2.75, 3.05) is 0 Å². The van der Waals surface area contributed by atoms with Crippen LogP contribution in [0.25, 0.3) is 0 Å². The molecule has 0 bridgehead atoms. The molecular formula is C9H10O4S2. The third-order valence-corrected chi connectivity index (χ3v) is 4.31. The van der Waals surface area contributed by atoms with Crippen molar-refractivity contribution < 1.29 is 19.1 Å². The number of carbonyl (C=O) groups excluding carboxylic acids is 2. The second kappa shape index (κ2) is 3.75. The van der Waals surface area contributed by atoms with Crippen LogP contribution in [0.15, 0.2) is 10.8 Å². The van der Waals surface area contributed by atoms with Crippen LogP contribution in [0.5, 0.6) is 0 Å². The van der Waals surface area contributed by atoms with Gasteiger partial charge in [0.05, 0.1) is 0 Å². The highest BCUT2D eigenvalue weighted by atomic mass is 32.2. The highest BCUT2D eigenvalue weighted by Crippen LogP contribution is 2.49. The Kier molecular flexibility index (Phi) is 2.72. The Hall–Kier alpha value is -0.620. The van der Waals surface area contributed by atoms with Gasteiger partial charge in [-0.25, -0.2) is 0 Å². The number of ether oxygens (including phenoxy) is 2. The van der Waals surface area contributed by atoms with E-state index in [1.807, 2.05) is 0 Å². The van der Waals surface area contributed by atoms with Crippen LogP contribution in [-0.4, -0.2) is 16.4 Å². The second-order valence-electron chi connectivity index (χ2n) is 3.57. The van der Waals surface area contributed by atoms with Gasteiger partial charge in [0.1, 0.15) is 0 Å². The number of carbonyl (C=O) groups is 2. The van der Waals surface area contributed by atoms with Gasteiger partial charge in [-0.2, -0.15) is 0 Å². The monoisotopic (exact) mass is 246 g/mol. The normalized spacial score (nSPS) is 24.7. The molecule has 0 aromatic carbocycles. The van der Waals surface area contributed by atoms with Gasteiger partial charge in [-0.15, -0.1) is 0 Å². The average Bonchev–Trinajstić information content (AvgIpc) is 2.50. The van der Waals surface area contributed by atoms with Gasteiger partial charge in [0.25, 0.3) is 0 Å². The van der Waals surface area contributed by atoms with E-state index >= 15 is 0 Å². The lowest BCUT2D eigenvalue weighted by molar-refractivity contribution is -0.204. The zero-order chi connectivity index (χ0) is 11.1. The molecule has 0 aliphatic carbocycles. The molecule has 2 aliphatic rings. The predicted molar refractivity (Wildman–Crippen MR) is 57.6 cm³/mol. The van der Waals surface area contributed by atoms with Crippen molar-refractivity contribution in [3.05, 3.63) is 10.8 Å². The third-order valence-electron chi connectivity index (χ3n) is 2.11. The standard InChI is InChI=1S/C9H10O4S2/c1-5(2)6-7(10)12-9(13-8(6)11)14-3-4-15-9/h3-6H,1-2H3. The maximum absolute atomic E-state index is 11.6. The molecule has 2 rings (SSSR count). The summed E-state index contributed by atoms with van der Waals surface area (Å²) in [6.45, 7) is 3.58. The molecule has 0 saturated carbocycles. The molecule has 1 spiro atoms. The highest BCUT2D eigenvalue weighted by molar-refractivity contribution is 8.23. The minimum Gasteiger partial charge on any atom is -0.402 e. The summed E-state index contributed by atoms with van der Waals surface area (Å²) in [5.74, 6) is -1.89. The summed E-state index contributed by atoms with van der Waals surface area (Å²) in [6.07, 6.45) is 0. The first-order valence-corrected chi connectivity index (χ1v) is 6.26. The van der Waals surface area contributed by atoms with Crippen LogP contribution < -0.4 is 0 Å². The zero-order valence-electron chi connectivity index (χ0n) is 8.26. The van der Waals surface area contributed by atoms with E-state index in [9.17, 15) is 9.59 Å². The number of hydrogen-bond acceptors (Lipinski definition) is 6. The molecule has 1 saturated heterocycles. The Morgan fingerprint density at radius 3 is 2.07 bits per heavy atom. The van der Waals surface area contributed by atoms with Crippen molar-refractivity contribution >= 4 is 35.5 Å². The van der Waals surface area contributed by atoms with Gasteiger partial charge >= 0.3 is 16.4 Å². The van der Waals surface area contributed by atoms with Gasteiger partial charge in [0.2, 0.25) is 0 Å². The van der Waals surface area contributed by atoms with Crippen molar-refractivity contribution in [3.8, 4) is 0 Å². The quantitative estimate of drug-likeness (QED) is 0.520. The smallest absolute Gasteiger partial charge is 0.366 e. The molecule has 0 amide bonds. The fourth-order valence-corrected chi connectivity index (χ4v) is 3.24. The molecule has 82 valence electrons. The number of rotatable bonds is 1. The predicted octanol–water partition coefficient (Wildman–Crippen LogP) is 1.92. The SMILES string of the molecule is CC(C)C1C(=O)OC2(OC1=O)SC=CS2. The molecule has 0 N–H and O–H groups in total. The molecule has 0 aromatic rings. The number of hydrogen-bond donors (Lipinski definition) is 0. The van der Waals surface area contributed by atoms with Crippen LogP contribution in [0.2, 0.25) is 0 Å². The largest absolute Gasteiger partial charge is 0.402 e. The minimum atomic E-state index is -1.19. The molecule has 0 radical (unpaired) electrons. The molecule has 1 fully saturated rings. The Balaban J connectivity index is 2.16. The van der Waals surface area contributed by atoms with E-state index in [0.29, 0.717) is 0 Å². The van der Waals surface area contributed by atoms with Crippen LogP contribution in [0, 0.1) is 11.8 Å². The van der Waals surface area contributed by atoms with E-state index in [0.717, 1.165) is 0 Å². The summed E-state index contributed by atoms with van der Waals surface area (Å²) in [5, 5.41) is 3.47. The van der Waals surface area contributed by atoms with Crippen LogP contribution >= 0.6 is 23.5 Å². The van der Waals surface area contributed by atoms with Crippen molar-refractivity contribution in [2.45, 2.75) is 18.3 Å². The van der Waals surface area contributed by atoms with Crippen molar-refractivity contribution in [1.82, 2.24) is 0 Å². The van der Waals surface area contributed by atoms with Gasteiger partial charge in [-0.05, 0) is 40.3 Å². The topological polar surface area (TPSA) is 52.6 Å². The fourth-order valence-electron chi connectivity index (χ4n) is 1.38. The number of esters is 2. The number of thioether (sulfide) groups is 2. The average molecular weight is 246 g/mol. The summed E-state index contributed by atoms with van der Waals surface area (Å²) in [5.41, 5.74) is 0. The summed E-state index contributed by atoms with van der Waals surface area (Å²) >= 11 is 2.37. The molecule has 6 heteroatoms. The summed E-state index contributed by atoms with van der Waals surface area (Å²) in [6, 6.07) is 0. The molecule has 0 atom stereocenters. The first-order chi connectivity index (χ1) is 7.04. The Morgan fingerprint density at radius 2 is 1.67 bits per heavy atom. The highest BCUT2D eigenvalue weighted by Gasteiger charge is 2.51. The molecule has 15 heavy (non-hydrogen) atoms. The first-order valence-electron chi connectivity index (χ1n) is 4.50. The van der Waals surface area contributed by atoms with Crippen LogP contribution in [0.4, 0.5) is 0 Å². The molecular weight excluding hydrogens is 236 g/mol. The third kappa shape index (κ3) is 1.88. The Bertz CT molecular complexity index is 309. The van der Waals surface area contributed by atoms with Gasteiger partial charge < -0.3 is 9.47 Å². The summed E-state index contributed by atoms with van der Waals surface area (Å²) < 4.78 is 9.13. The molecule has 0 aromatic heterocycles. The molecule has 4 nitrogen and oxygen atoms in total. The lowest BCUT2D eigenvalue weighted by atomic mass is 9.96. The van der Waals surface area contributed by atoms with E-state index in [1.165, 1.54) is 23.5 Å². The minimum absolute atomic E-state index is 0.105. The first kappa shape index (κ1) is 10.9. The lowest BCUT2D eigenvalue weighted by Gasteiger charge is -2.34. The maximum Gasteiger partial charge on any atom is 0.366 e. The lowest BCUT2D eigenvalue weighted by Crippen LogP contribution is -2.46. The molecule has 2 aliphatic heterocycles. The van der Waals surface area contributed by atoms with E-state index < -0.39 is 22.3 Å². The van der Waals surface area contributed by atoms with E-state index in [2.05, 4.69) is 0 Å². The summed E-state index contributed by atoms with van der Waals surface area (Å²) in [7, 11) is 0. The van der Waals surface area contributed by atoms with E-state index in [4.69, 9.17) is 9.47 Å². The molecule has 0 unspecified atom stereocenters. The van der Waals surface area contributed by atoms with E-state index in [-0.39, 0.29) is 5.92 Å². The van der Waals surface area contributed by atoms with Crippen molar-refractivity contribution in [2.24, 2.45) is 11.8 Å².